The number of carbonyl (C=O) groups excluding carboxylic acids is 1. The van der Waals surface area contributed by atoms with Gasteiger partial charge in [-0.3, -0.25) is 4.31 Å². The van der Waals surface area contributed by atoms with Gasteiger partial charge >= 0.3 is 6.03 Å². The number of amides is 2. The van der Waals surface area contributed by atoms with Gasteiger partial charge in [0.15, 0.2) is 0 Å². The van der Waals surface area contributed by atoms with E-state index in [0.29, 0.717) is 25.2 Å². The van der Waals surface area contributed by atoms with Crippen molar-refractivity contribution in [3.63, 3.8) is 0 Å². The van der Waals surface area contributed by atoms with Gasteiger partial charge in [0.2, 0.25) is 10.0 Å². The van der Waals surface area contributed by atoms with Gasteiger partial charge in [-0.2, -0.15) is 0 Å². The first-order chi connectivity index (χ1) is 11.3. The molecule has 1 aromatic carbocycles. The molecule has 0 saturated carbocycles. The van der Waals surface area contributed by atoms with Crippen LogP contribution < -0.4 is 14.9 Å². The Morgan fingerprint density at radius 2 is 2.17 bits per heavy atom. The lowest BCUT2D eigenvalue weighted by Crippen LogP contribution is -2.43. The minimum absolute atomic E-state index is 0.143. The Hall–Kier alpha value is -2.20. The summed E-state index contributed by atoms with van der Waals surface area (Å²) in [6, 6.07) is 6.50. The van der Waals surface area contributed by atoms with Gasteiger partial charge in [-0.1, -0.05) is 31.9 Å². The van der Waals surface area contributed by atoms with Crippen LogP contribution in [0.4, 0.5) is 10.5 Å². The predicted octanol–water partition coefficient (Wildman–Crippen LogP) is 1.68. The van der Waals surface area contributed by atoms with Crippen LogP contribution in [0, 0.1) is 18.3 Å². The molecule has 2 rings (SSSR count). The molecule has 7 heteroatoms. The van der Waals surface area contributed by atoms with E-state index in [0.717, 1.165) is 5.56 Å². The van der Waals surface area contributed by atoms with E-state index in [4.69, 9.17) is 6.42 Å². The maximum atomic E-state index is 12.0. The van der Waals surface area contributed by atoms with Crippen LogP contribution in [0.1, 0.15) is 25.8 Å². The first kappa shape index (κ1) is 18.1. The second-order valence-electron chi connectivity index (χ2n) is 6.13. The molecule has 1 atom stereocenters. The number of sulfonamides is 1. The monoisotopic (exact) mass is 349 g/mol. The first-order valence-corrected chi connectivity index (χ1v) is 9.54. The maximum Gasteiger partial charge on any atom is 0.316 e. The van der Waals surface area contributed by atoms with E-state index in [1.54, 1.807) is 18.2 Å². The van der Waals surface area contributed by atoms with Gasteiger partial charge in [0, 0.05) is 13.1 Å². The van der Waals surface area contributed by atoms with Crippen molar-refractivity contribution >= 4 is 21.7 Å². The lowest BCUT2D eigenvalue weighted by Gasteiger charge is -2.19. The Kier molecular flexibility index (Phi) is 5.73. The molecule has 0 unspecified atom stereocenters. The van der Waals surface area contributed by atoms with E-state index < -0.39 is 10.0 Å². The van der Waals surface area contributed by atoms with E-state index in [-0.39, 0.29) is 23.7 Å². The van der Waals surface area contributed by atoms with Gasteiger partial charge in [-0.05, 0) is 30.0 Å². The van der Waals surface area contributed by atoms with Crippen LogP contribution in [0.15, 0.2) is 24.3 Å². The first-order valence-electron chi connectivity index (χ1n) is 7.93. The Morgan fingerprint density at radius 3 is 2.75 bits per heavy atom. The van der Waals surface area contributed by atoms with Crippen LogP contribution in [0.5, 0.6) is 0 Å². The molecule has 1 saturated heterocycles. The van der Waals surface area contributed by atoms with Gasteiger partial charge in [0.25, 0.3) is 0 Å². The molecule has 0 aromatic heterocycles. The normalized spacial score (nSPS) is 17.3. The molecule has 6 nitrogen and oxygen atoms in total. The number of urea groups is 1. The summed E-state index contributed by atoms with van der Waals surface area (Å²) in [7, 11) is -3.21. The fourth-order valence-electron chi connectivity index (χ4n) is 2.53. The van der Waals surface area contributed by atoms with Crippen LogP contribution in [0.25, 0.3) is 0 Å². The third kappa shape index (κ3) is 4.42. The summed E-state index contributed by atoms with van der Waals surface area (Å²) in [6.07, 6.45) is 6.02. The molecule has 2 N–H and O–H groups in total. The van der Waals surface area contributed by atoms with Crippen molar-refractivity contribution in [1.82, 2.24) is 10.6 Å². The van der Waals surface area contributed by atoms with E-state index in [1.165, 1.54) is 4.31 Å². The average molecular weight is 349 g/mol. The number of rotatable bonds is 5. The largest absolute Gasteiger partial charge is 0.334 e. The second kappa shape index (κ2) is 7.58. The van der Waals surface area contributed by atoms with Gasteiger partial charge in [0.05, 0.1) is 17.5 Å². The third-order valence-electron chi connectivity index (χ3n) is 3.88. The smallest absolute Gasteiger partial charge is 0.316 e. The number of anilines is 1. The molecular weight excluding hydrogens is 326 g/mol. The SMILES string of the molecule is C#C[C@H](NC(=O)NCc1cccc(N2CCCS2(=O)=O)c1)C(C)C. The Labute approximate surface area is 143 Å². The van der Waals surface area contributed by atoms with E-state index >= 15 is 0 Å². The van der Waals surface area contributed by atoms with Crippen LogP contribution in [-0.4, -0.2) is 32.8 Å². The number of hydrogen-bond acceptors (Lipinski definition) is 3. The molecule has 1 aliphatic heterocycles. The van der Waals surface area contributed by atoms with Gasteiger partial charge in [0.1, 0.15) is 0 Å². The van der Waals surface area contributed by atoms with Crippen molar-refractivity contribution in [2.45, 2.75) is 32.9 Å². The van der Waals surface area contributed by atoms with Crippen LogP contribution in [0.2, 0.25) is 0 Å². The van der Waals surface area contributed by atoms with Crippen molar-refractivity contribution in [3.05, 3.63) is 29.8 Å². The summed E-state index contributed by atoms with van der Waals surface area (Å²) >= 11 is 0. The highest BCUT2D eigenvalue weighted by Gasteiger charge is 2.28. The molecule has 1 aliphatic rings. The van der Waals surface area contributed by atoms with Crippen molar-refractivity contribution in [2.75, 3.05) is 16.6 Å². The predicted molar refractivity (Wildman–Crippen MR) is 95.0 cm³/mol. The van der Waals surface area contributed by atoms with Crippen molar-refractivity contribution in [2.24, 2.45) is 5.92 Å². The molecule has 1 heterocycles. The summed E-state index contributed by atoms with van der Waals surface area (Å²) in [6.45, 7) is 4.66. The minimum Gasteiger partial charge on any atom is -0.334 e. The number of hydrogen-bond donors (Lipinski definition) is 2. The fourth-order valence-corrected chi connectivity index (χ4v) is 4.08. The highest BCUT2D eigenvalue weighted by molar-refractivity contribution is 7.93. The molecule has 0 aliphatic carbocycles. The molecule has 0 radical (unpaired) electrons. The fraction of sp³-hybridized carbons (Fsp3) is 0.471. The van der Waals surface area contributed by atoms with Crippen molar-refractivity contribution < 1.29 is 13.2 Å². The van der Waals surface area contributed by atoms with Gasteiger partial charge in [-0.25, -0.2) is 13.2 Å². The standard InChI is InChI=1S/C17H23N3O3S/c1-4-16(13(2)3)19-17(21)18-12-14-7-5-8-15(11-14)20-9-6-10-24(20,22)23/h1,5,7-8,11,13,16H,6,9-10,12H2,2-3H3,(H2,18,19,21)/t16-/m0/s1. The zero-order chi connectivity index (χ0) is 17.7. The highest BCUT2D eigenvalue weighted by Crippen LogP contribution is 2.24. The lowest BCUT2D eigenvalue weighted by molar-refractivity contribution is 0.236. The van der Waals surface area contributed by atoms with Gasteiger partial charge < -0.3 is 10.6 Å². The quantitative estimate of drug-likeness (QED) is 0.794. The average Bonchev–Trinajstić information content (AvgIpc) is 2.90. The van der Waals surface area contributed by atoms with E-state index in [2.05, 4.69) is 16.6 Å². The molecular formula is C17H23N3O3S. The molecule has 130 valence electrons. The number of benzene rings is 1. The molecule has 1 aromatic rings. The molecule has 0 bridgehead atoms. The van der Waals surface area contributed by atoms with Gasteiger partial charge in [-0.15, -0.1) is 6.42 Å². The summed E-state index contributed by atoms with van der Waals surface area (Å²) in [5, 5.41) is 5.47. The summed E-state index contributed by atoms with van der Waals surface area (Å²) in [5.74, 6) is 2.86. The molecule has 1 fully saturated rings. The topological polar surface area (TPSA) is 78.5 Å². The molecule has 2 amide bonds. The molecule has 24 heavy (non-hydrogen) atoms. The number of terminal acetylenes is 1. The Bertz CT molecular complexity index is 738. The second-order valence-corrected chi connectivity index (χ2v) is 8.14. The number of carbonyl (C=O) groups is 1. The maximum absolute atomic E-state index is 12.0. The van der Waals surface area contributed by atoms with E-state index in [9.17, 15) is 13.2 Å². The van der Waals surface area contributed by atoms with Crippen LogP contribution in [-0.2, 0) is 16.6 Å². The Balaban J connectivity index is 1.98. The zero-order valence-corrected chi connectivity index (χ0v) is 14.8. The highest BCUT2D eigenvalue weighted by atomic mass is 32.2. The van der Waals surface area contributed by atoms with Crippen LogP contribution in [0.3, 0.4) is 0 Å². The minimum atomic E-state index is -3.21. The van der Waals surface area contributed by atoms with Crippen molar-refractivity contribution in [1.29, 1.82) is 0 Å². The lowest BCUT2D eigenvalue weighted by atomic mass is 10.1. The van der Waals surface area contributed by atoms with E-state index in [1.807, 2.05) is 19.9 Å². The van der Waals surface area contributed by atoms with Crippen molar-refractivity contribution in [3.8, 4) is 12.3 Å². The Morgan fingerprint density at radius 1 is 1.42 bits per heavy atom. The summed E-state index contributed by atoms with van der Waals surface area (Å²) in [5.41, 5.74) is 1.46. The van der Waals surface area contributed by atoms with Crippen LogP contribution >= 0.6 is 0 Å². The summed E-state index contributed by atoms with van der Waals surface area (Å²) < 4.78 is 25.4. The summed E-state index contributed by atoms with van der Waals surface area (Å²) in [4.78, 5) is 11.9. The number of nitrogens with zero attached hydrogens (tertiary/aromatic N) is 1. The number of nitrogens with one attached hydrogen (secondary N) is 2. The zero-order valence-electron chi connectivity index (χ0n) is 14.0. The molecule has 0 spiro atoms. The third-order valence-corrected chi connectivity index (χ3v) is 5.75.